The molecule has 1 atom stereocenters. The average molecular weight is 197 g/mol. The fourth-order valence-corrected chi connectivity index (χ4v) is 1.63. The Bertz CT molecular complexity index is 279. The molecular weight excluding hydrogens is 182 g/mol. The van der Waals surface area contributed by atoms with E-state index in [9.17, 15) is 0 Å². The third-order valence-corrected chi connectivity index (χ3v) is 2.38. The highest BCUT2D eigenvalue weighted by Crippen LogP contribution is 2.27. The molecule has 1 saturated heterocycles. The van der Waals surface area contributed by atoms with Gasteiger partial charge in [-0.25, -0.2) is 4.98 Å². The number of hydrogen-bond acceptors (Lipinski definition) is 4. The molecule has 0 aliphatic carbocycles. The summed E-state index contributed by atoms with van der Waals surface area (Å²) in [6, 6.07) is 0. The van der Waals surface area contributed by atoms with Crippen molar-refractivity contribution in [3.05, 3.63) is 17.8 Å². The molecule has 1 aromatic heterocycles. The number of oxazole rings is 1. The molecule has 14 heavy (non-hydrogen) atoms. The van der Waals surface area contributed by atoms with Gasteiger partial charge in [0.05, 0.1) is 12.8 Å². The second-order valence-corrected chi connectivity index (χ2v) is 3.49. The molecule has 4 nitrogen and oxygen atoms in total. The number of aromatic nitrogens is 1. The Kier molecular flexibility index (Phi) is 3.16. The predicted octanol–water partition coefficient (Wildman–Crippen LogP) is 1.45. The Morgan fingerprint density at radius 1 is 1.50 bits per heavy atom. The smallest absolute Gasteiger partial charge is 0.223 e. The number of nitrogens with zero attached hydrogens (tertiary/aromatic N) is 1. The summed E-state index contributed by atoms with van der Waals surface area (Å²) in [6.45, 7) is 0.891. The zero-order valence-corrected chi connectivity index (χ0v) is 8.11. The first-order valence-corrected chi connectivity index (χ1v) is 5.07. The van der Waals surface area contributed by atoms with Crippen LogP contribution in [0.4, 0.5) is 0 Å². The summed E-state index contributed by atoms with van der Waals surface area (Å²) in [5, 5.41) is 8.72. The topological polar surface area (TPSA) is 55.5 Å². The van der Waals surface area contributed by atoms with Gasteiger partial charge in [0.1, 0.15) is 11.9 Å². The summed E-state index contributed by atoms with van der Waals surface area (Å²) in [6.07, 6.45) is 5.50. The molecule has 2 rings (SSSR count). The molecule has 1 unspecified atom stereocenters. The maximum Gasteiger partial charge on any atom is 0.223 e. The van der Waals surface area contributed by atoms with Crippen LogP contribution >= 0.6 is 0 Å². The normalized spacial score (nSPS) is 22.5. The summed E-state index contributed by atoms with van der Waals surface area (Å²) in [7, 11) is 0. The minimum atomic E-state index is 0.0243. The van der Waals surface area contributed by atoms with Gasteiger partial charge in [-0.1, -0.05) is 0 Å². The van der Waals surface area contributed by atoms with E-state index in [1.54, 1.807) is 6.20 Å². The standard InChI is InChI=1S/C10H15NO3/c12-5-4-8-7-11-10(14-8)9-3-1-2-6-13-9/h7,9,12H,1-6H2. The van der Waals surface area contributed by atoms with Crippen LogP contribution in [0.15, 0.2) is 10.6 Å². The van der Waals surface area contributed by atoms with E-state index in [0.29, 0.717) is 12.3 Å². The first kappa shape index (κ1) is 9.68. The van der Waals surface area contributed by atoms with Crippen molar-refractivity contribution in [3.63, 3.8) is 0 Å². The van der Waals surface area contributed by atoms with Gasteiger partial charge in [-0.05, 0) is 19.3 Å². The molecule has 78 valence electrons. The SMILES string of the molecule is OCCc1cnc(C2CCCCO2)o1. The number of aliphatic hydroxyl groups is 1. The Hall–Kier alpha value is -0.870. The number of aliphatic hydroxyl groups excluding tert-OH is 1. The van der Waals surface area contributed by atoms with Gasteiger partial charge in [0, 0.05) is 13.0 Å². The van der Waals surface area contributed by atoms with Gasteiger partial charge < -0.3 is 14.3 Å². The summed E-state index contributed by atoms with van der Waals surface area (Å²) in [4.78, 5) is 4.16. The highest BCUT2D eigenvalue weighted by atomic mass is 16.5. The molecule has 1 N–H and O–H groups in total. The molecule has 0 amide bonds. The van der Waals surface area contributed by atoms with Crippen LogP contribution in [-0.4, -0.2) is 23.3 Å². The van der Waals surface area contributed by atoms with Crippen LogP contribution in [0.3, 0.4) is 0 Å². The number of hydrogen-bond donors (Lipinski definition) is 1. The van der Waals surface area contributed by atoms with Crippen molar-refractivity contribution in [3.8, 4) is 0 Å². The lowest BCUT2D eigenvalue weighted by molar-refractivity contribution is -0.00213. The largest absolute Gasteiger partial charge is 0.443 e. The van der Waals surface area contributed by atoms with Crippen molar-refractivity contribution >= 4 is 0 Å². The van der Waals surface area contributed by atoms with Crippen LogP contribution in [-0.2, 0) is 11.2 Å². The second kappa shape index (κ2) is 4.57. The Morgan fingerprint density at radius 3 is 3.14 bits per heavy atom. The molecular formula is C10H15NO3. The third kappa shape index (κ3) is 2.13. The maximum absolute atomic E-state index is 8.72. The van der Waals surface area contributed by atoms with Crippen molar-refractivity contribution in [1.82, 2.24) is 4.98 Å². The van der Waals surface area contributed by atoms with Crippen molar-refractivity contribution < 1.29 is 14.3 Å². The van der Waals surface area contributed by atoms with E-state index in [2.05, 4.69) is 4.98 Å². The predicted molar refractivity (Wildman–Crippen MR) is 49.8 cm³/mol. The zero-order valence-electron chi connectivity index (χ0n) is 8.11. The van der Waals surface area contributed by atoms with Gasteiger partial charge in [-0.3, -0.25) is 0 Å². The lowest BCUT2D eigenvalue weighted by Crippen LogP contribution is -2.11. The minimum Gasteiger partial charge on any atom is -0.443 e. The molecule has 0 bridgehead atoms. The highest BCUT2D eigenvalue weighted by Gasteiger charge is 2.20. The number of rotatable bonds is 3. The second-order valence-electron chi connectivity index (χ2n) is 3.49. The van der Waals surface area contributed by atoms with Crippen molar-refractivity contribution in [2.75, 3.05) is 13.2 Å². The van der Waals surface area contributed by atoms with E-state index in [1.807, 2.05) is 0 Å². The van der Waals surface area contributed by atoms with Crippen LogP contribution in [0.1, 0.15) is 37.0 Å². The Labute approximate surface area is 82.9 Å². The van der Waals surface area contributed by atoms with Crippen molar-refractivity contribution in [2.45, 2.75) is 31.8 Å². The van der Waals surface area contributed by atoms with Crippen LogP contribution in [0.2, 0.25) is 0 Å². The first-order valence-electron chi connectivity index (χ1n) is 5.07. The lowest BCUT2D eigenvalue weighted by Gasteiger charge is -2.19. The molecule has 1 aliphatic rings. The molecule has 0 saturated carbocycles. The summed E-state index contributed by atoms with van der Waals surface area (Å²) in [5.41, 5.74) is 0. The van der Waals surface area contributed by atoms with E-state index in [0.717, 1.165) is 25.2 Å². The van der Waals surface area contributed by atoms with Crippen LogP contribution in [0, 0.1) is 0 Å². The Balaban J connectivity index is 2.00. The van der Waals surface area contributed by atoms with Gasteiger partial charge in [-0.2, -0.15) is 0 Å². The van der Waals surface area contributed by atoms with E-state index >= 15 is 0 Å². The van der Waals surface area contributed by atoms with Gasteiger partial charge in [0.25, 0.3) is 0 Å². The fraction of sp³-hybridized carbons (Fsp3) is 0.700. The summed E-state index contributed by atoms with van der Waals surface area (Å²) in [5.74, 6) is 1.39. The van der Waals surface area contributed by atoms with Gasteiger partial charge in [0.15, 0.2) is 0 Å². The average Bonchev–Trinajstić information content (AvgIpc) is 2.68. The fourth-order valence-electron chi connectivity index (χ4n) is 1.63. The van der Waals surface area contributed by atoms with Gasteiger partial charge >= 0.3 is 0 Å². The zero-order chi connectivity index (χ0) is 9.80. The van der Waals surface area contributed by atoms with Gasteiger partial charge in [-0.15, -0.1) is 0 Å². The first-order chi connectivity index (χ1) is 6.90. The monoisotopic (exact) mass is 197 g/mol. The van der Waals surface area contributed by atoms with Crippen molar-refractivity contribution in [1.29, 1.82) is 0 Å². The van der Waals surface area contributed by atoms with Crippen LogP contribution < -0.4 is 0 Å². The molecule has 4 heteroatoms. The molecule has 0 radical (unpaired) electrons. The van der Waals surface area contributed by atoms with E-state index in [4.69, 9.17) is 14.3 Å². The molecule has 1 aliphatic heterocycles. The number of ether oxygens (including phenoxy) is 1. The molecule has 0 aromatic carbocycles. The van der Waals surface area contributed by atoms with Crippen molar-refractivity contribution in [2.24, 2.45) is 0 Å². The summed E-state index contributed by atoms with van der Waals surface area (Å²) >= 11 is 0. The van der Waals surface area contributed by atoms with E-state index in [1.165, 1.54) is 6.42 Å². The third-order valence-electron chi connectivity index (χ3n) is 2.38. The molecule has 1 aromatic rings. The van der Waals surface area contributed by atoms with E-state index in [-0.39, 0.29) is 12.7 Å². The molecule has 1 fully saturated rings. The Morgan fingerprint density at radius 2 is 2.43 bits per heavy atom. The van der Waals surface area contributed by atoms with Gasteiger partial charge in [0.2, 0.25) is 5.89 Å². The highest BCUT2D eigenvalue weighted by molar-refractivity contribution is 4.97. The molecule has 0 spiro atoms. The van der Waals surface area contributed by atoms with Crippen LogP contribution in [0.25, 0.3) is 0 Å². The quantitative estimate of drug-likeness (QED) is 0.796. The van der Waals surface area contributed by atoms with Crippen LogP contribution in [0.5, 0.6) is 0 Å². The minimum absolute atomic E-state index is 0.0243. The molecule has 2 heterocycles. The maximum atomic E-state index is 8.72. The summed E-state index contributed by atoms with van der Waals surface area (Å²) < 4.78 is 11.0. The van der Waals surface area contributed by atoms with E-state index < -0.39 is 0 Å². The lowest BCUT2D eigenvalue weighted by atomic mass is 10.1.